The van der Waals surface area contributed by atoms with Gasteiger partial charge in [0.15, 0.2) is 0 Å². The molecular weight excluding hydrogens is 256 g/mol. The van der Waals surface area contributed by atoms with Gasteiger partial charge in [-0.25, -0.2) is 9.59 Å². The number of rotatable bonds is 6. The molecule has 0 heterocycles. The van der Waals surface area contributed by atoms with Crippen molar-refractivity contribution in [3.05, 3.63) is 59.7 Å². The zero-order valence-corrected chi connectivity index (χ0v) is 11.8. The largest absolute Gasteiger partial charge is 0.458 e. The second-order valence-electron chi connectivity index (χ2n) is 4.61. The monoisotopic (exact) mass is 274 g/mol. The van der Waals surface area contributed by atoms with E-state index in [2.05, 4.69) is 13.2 Å². The lowest BCUT2D eigenvalue weighted by molar-refractivity contribution is 0.0494. The molecule has 1 aromatic rings. The van der Waals surface area contributed by atoms with Crippen LogP contribution in [-0.2, 0) is 9.47 Å². The van der Waals surface area contributed by atoms with Gasteiger partial charge in [-0.3, -0.25) is 0 Å². The van der Waals surface area contributed by atoms with Crippen molar-refractivity contribution in [1.29, 1.82) is 0 Å². The van der Waals surface area contributed by atoms with E-state index in [9.17, 15) is 9.59 Å². The number of esters is 2. The lowest BCUT2D eigenvalue weighted by atomic mass is 10.1. The number of benzene rings is 1. The smallest absolute Gasteiger partial charge is 0.339 e. The Labute approximate surface area is 118 Å². The Morgan fingerprint density at radius 2 is 1.25 bits per heavy atom. The van der Waals surface area contributed by atoms with E-state index in [4.69, 9.17) is 9.47 Å². The van der Waals surface area contributed by atoms with Gasteiger partial charge in [0, 0.05) is 0 Å². The first-order chi connectivity index (χ1) is 9.41. The third-order valence-corrected chi connectivity index (χ3v) is 2.27. The molecule has 20 heavy (non-hydrogen) atoms. The molecular formula is C16H18O4. The van der Waals surface area contributed by atoms with Gasteiger partial charge < -0.3 is 9.47 Å². The lowest BCUT2D eigenvalue weighted by Crippen LogP contribution is -2.15. The normalized spacial score (nSPS) is 9.70. The molecule has 0 radical (unpaired) electrons. The quantitative estimate of drug-likeness (QED) is 0.590. The van der Waals surface area contributed by atoms with Crippen LogP contribution in [0.15, 0.2) is 48.6 Å². The highest BCUT2D eigenvalue weighted by molar-refractivity contribution is 6.03. The number of hydrogen-bond donors (Lipinski definition) is 0. The van der Waals surface area contributed by atoms with Crippen LogP contribution in [0.1, 0.15) is 34.6 Å². The third-order valence-electron chi connectivity index (χ3n) is 2.27. The zero-order valence-electron chi connectivity index (χ0n) is 11.8. The second-order valence-corrected chi connectivity index (χ2v) is 4.61. The molecule has 0 spiro atoms. The van der Waals surface area contributed by atoms with Gasteiger partial charge in [-0.2, -0.15) is 0 Å². The summed E-state index contributed by atoms with van der Waals surface area (Å²) in [5.74, 6) is -1.15. The fourth-order valence-corrected chi connectivity index (χ4v) is 1.37. The Morgan fingerprint density at radius 3 is 1.55 bits per heavy atom. The fraction of sp³-hybridized carbons (Fsp3) is 0.250. The molecule has 0 aliphatic heterocycles. The van der Waals surface area contributed by atoms with Crippen LogP contribution >= 0.6 is 0 Å². The van der Waals surface area contributed by atoms with E-state index in [1.165, 1.54) is 12.1 Å². The molecule has 0 aliphatic rings. The predicted octanol–water partition coefficient (Wildman–Crippen LogP) is 3.15. The predicted molar refractivity (Wildman–Crippen MR) is 76.6 cm³/mol. The highest BCUT2D eigenvalue weighted by atomic mass is 16.5. The SMILES string of the molecule is C=C(C)COC(=O)c1ccccc1C(=O)OCC(=C)C. The summed E-state index contributed by atoms with van der Waals surface area (Å²) in [5.41, 5.74) is 1.81. The highest BCUT2D eigenvalue weighted by Gasteiger charge is 2.18. The van der Waals surface area contributed by atoms with E-state index in [-0.39, 0.29) is 24.3 Å². The van der Waals surface area contributed by atoms with Crippen LogP contribution in [-0.4, -0.2) is 25.2 Å². The van der Waals surface area contributed by atoms with Crippen molar-refractivity contribution < 1.29 is 19.1 Å². The van der Waals surface area contributed by atoms with Crippen molar-refractivity contribution in [3.63, 3.8) is 0 Å². The molecule has 1 aromatic carbocycles. The van der Waals surface area contributed by atoms with Crippen LogP contribution in [0, 0.1) is 0 Å². The Kier molecular flexibility index (Phi) is 5.72. The minimum absolute atomic E-state index is 0.119. The van der Waals surface area contributed by atoms with Gasteiger partial charge in [0.05, 0.1) is 11.1 Å². The molecule has 0 unspecified atom stereocenters. The molecule has 0 atom stereocenters. The molecule has 0 saturated heterocycles. The molecule has 0 saturated carbocycles. The van der Waals surface area contributed by atoms with Crippen LogP contribution in [0.3, 0.4) is 0 Å². The van der Waals surface area contributed by atoms with Crippen molar-refractivity contribution in [2.45, 2.75) is 13.8 Å². The first-order valence-electron chi connectivity index (χ1n) is 6.14. The van der Waals surface area contributed by atoms with Crippen LogP contribution in [0.2, 0.25) is 0 Å². The van der Waals surface area contributed by atoms with Crippen molar-refractivity contribution >= 4 is 11.9 Å². The lowest BCUT2D eigenvalue weighted by Gasteiger charge is -2.09. The maximum atomic E-state index is 11.9. The Morgan fingerprint density at radius 1 is 0.900 bits per heavy atom. The summed E-state index contributed by atoms with van der Waals surface area (Å²) in [5, 5.41) is 0. The zero-order chi connectivity index (χ0) is 15.1. The van der Waals surface area contributed by atoms with E-state index in [0.717, 1.165) is 11.1 Å². The number of carbonyl (C=O) groups is 2. The van der Waals surface area contributed by atoms with Gasteiger partial charge in [-0.1, -0.05) is 25.3 Å². The van der Waals surface area contributed by atoms with Crippen LogP contribution in [0.5, 0.6) is 0 Å². The van der Waals surface area contributed by atoms with Crippen molar-refractivity contribution in [2.24, 2.45) is 0 Å². The summed E-state index contributed by atoms with van der Waals surface area (Å²) >= 11 is 0. The molecule has 4 heteroatoms. The summed E-state index contributed by atoms with van der Waals surface area (Å²) in [6.45, 7) is 11.0. The molecule has 106 valence electrons. The molecule has 0 aromatic heterocycles. The third kappa shape index (κ3) is 4.72. The average molecular weight is 274 g/mol. The summed E-state index contributed by atoms with van der Waals surface area (Å²) in [6.07, 6.45) is 0. The van der Waals surface area contributed by atoms with Gasteiger partial charge in [0.2, 0.25) is 0 Å². The van der Waals surface area contributed by atoms with Gasteiger partial charge in [-0.15, -0.1) is 0 Å². The fourth-order valence-electron chi connectivity index (χ4n) is 1.37. The van der Waals surface area contributed by atoms with Crippen LogP contribution < -0.4 is 0 Å². The van der Waals surface area contributed by atoms with Crippen molar-refractivity contribution in [3.8, 4) is 0 Å². The van der Waals surface area contributed by atoms with Gasteiger partial charge in [-0.05, 0) is 37.1 Å². The summed E-state index contributed by atoms with van der Waals surface area (Å²) in [6, 6.07) is 6.37. The number of hydrogen-bond acceptors (Lipinski definition) is 4. The Balaban J connectivity index is 2.87. The summed E-state index contributed by atoms with van der Waals surface area (Å²) in [7, 11) is 0. The Bertz CT molecular complexity index is 494. The first kappa shape index (κ1) is 15.7. The van der Waals surface area contributed by atoms with E-state index in [0.29, 0.717) is 0 Å². The maximum Gasteiger partial charge on any atom is 0.339 e. The molecule has 0 N–H and O–H groups in total. The summed E-state index contributed by atoms with van der Waals surface area (Å²) in [4.78, 5) is 23.8. The highest BCUT2D eigenvalue weighted by Crippen LogP contribution is 2.13. The van der Waals surface area contributed by atoms with Gasteiger partial charge >= 0.3 is 11.9 Å². The summed E-state index contributed by atoms with van der Waals surface area (Å²) < 4.78 is 10.1. The average Bonchev–Trinajstić information content (AvgIpc) is 2.42. The van der Waals surface area contributed by atoms with E-state index < -0.39 is 11.9 Å². The van der Waals surface area contributed by atoms with Gasteiger partial charge in [0.1, 0.15) is 13.2 Å². The van der Waals surface area contributed by atoms with Crippen LogP contribution in [0.25, 0.3) is 0 Å². The standard InChI is InChI=1S/C16H18O4/c1-11(2)9-19-15(17)13-7-5-6-8-14(13)16(18)20-10-12(3)4/h5-8H,1,3,9-10H2,2,4H3. The molecule has 0 bridgehead atoms. The molecule has 0 aliphatic carbocycles. The Hall–Kier alpha value is -2.36. The van der Waals surface area contributed by atoms with Gasteiger partial charge in [0.25, 0.3) is 0 Å². The topological polar surface area (TPSA) is 52.6 Å². The van der Waals surface area contributed by atoms with Crippen LogP contribution in [0.4, 0.5) is 0 Å². The minimum Gasteiger partial charge on any atom is -0.458 e. The van der Waals surface area contributed by atoms with E-state index in [1.807, 2.05) is 0 Å². The van der Waals surface area contributed by atoms with Crippen molar-refractivity contribution in [2.75, 3.05) is 13.2 Å². The molecule has 0 fully saturated rings. The first-order valence-corrected chi connectivity index (χ1v) is 6.14. The second kappa shape index (κ2) is 7.28. The minimum atomic E-state index is -0.573. The molecule has 0 amide bonds. The van der Waals surface area contributed by atoms with E-state index in [1.54, 1.807) is 26.0 Å². The molecule has 1 rings (SSSR count). The number of carbonyl (C=O) groups excluding carboxylic acids is 2. The van der Waals surface area contributed by atoms with E-state index >= 15 is 0 Å². The maximum absolute atomic E-state index is 11.9. The molecule has 4 nitrogen and oxygen atoms in total. The van der Waals surface area contributed by atoms with Crippen molar-refractivity contribution in [1.82, 2.24) is 0 Å². The number of ether oxygens (including phenoxy) is 2.